The van der Waals surface area contributed by atoms with Crippen molar-refractivity contribution in [3.8, 4) is 23.0 Å². The fraction of sp³-hybridized carbons (Fsp3) is 0.327. The van der Waals surface area contributed by atoms with Gasteiger partial charge in [-0.2, -0.15) is 0 Å². The minimum atomic E-state index is -0.564. The number of H-pyrrole nitrogens is 1. The van der Waals surface area contributed by atoms with E-state index in [2.05, 4.69) is 67.2 Å². The van der Waals surface area contributed by atoms with Gasteiger partial charge in [-0.25, -0.2) is 4.98 Å². The summed E-state index contributed by atoms with van der Waals surface area (Å²) in [6.07, 6.45) is 14.2. The minimum Gasteiger partial charge on any atom is -0.493 e. The van der Waals surface area contributed by atoms with E-state index in [0.29, 0.717) is 68.0 Å². The van der Waals surface area contributed by atoms with Crippen LogP contribution in [0.4, 0.5) is 22.7 Å². The van der Waals surface area contributed by atoms with Crippen molar-refractivity contribution in [2.45, 2.75) is 77.9 Å². The molecule has 9 N–H and O–H groups in total. The average Bonchev–Trinajstić information content (AvgIpc) is 4.09. The topological polar surface area (TPSA) is 226 Å². The molecule has 1 aliphatic carbocycles. The Bertz CT molecular complexity index is 2860. The summed E-state index contributed by atoms with van der Waals surface area (Å²) in [5.74, 6) is 1.12. The maximum atomic E-state index is 12.3. The normalized spacial score (nSPS) is 12.4. The van der Waals surface area contributed by atoms with Crippen LogP contribution < -0.4 is 51.7 Å². The molecule has 0 atom stereocenters. The molecule has 1 saturated carbocycles. The Kier molecular flexibility index (Phi) is 16.3. The predicted octanol–water partition coefficient (Wildman–Crippen LogP) is 8.40. The highest BCUT2D eigenvalue weighted by Crippen LogP contribution is 2.40. The zero-order valence-electron chi connectivity index (χ0n) is 39.7. The number of nitrogens with zero attached hydrogens (tertiary/aromatic N) is 3. The molecule has 2 amide bonds. The number of nitrogens with one attached hydrogen (secondary N) is 5. The van der Waals surface area contributed by atoms with Crippen LogP contribution in [0.15, 0.2) is 85.6 Å². The number of ether oxygens (including phenoxy) is 4. The maximum absolute atomic E-state index is 12.3. The molecule has 0 saturated heterocycles. The van der Waals surface area contributed by atoms with Crippen molar-refractivity contribution in [1.82, 2.24) is 30.6 Å². The third kappa shape index (κ3) is 11.0. The van der Waals surface area contributed by atoms with E-state index in [4.69, 9.17) is 30.4 Å². The number of fused-ring (bicyclic) bond motifs is 2. The monoisotopic (exact) mass is 922 g/mol. The van der Waals surface area contributed by atoms with Gasteiger partial charge in [0, 0.05) is 90.7 Å². The van der Waals surface area contributed by atoms with Crippen LogP contribution in [0.1, 0.15) is 88.2 Å². The second-order valence-corrected chi connectivity index (χ2v) is 16.5. The number of hydrogen-bond donors (Lipinski definition) is 7. The molecule has 7 aromatic rings. The summed E-state index contributed by atoms with van der Waals surface area (Å²) in [6.45, 7) is 6.63. The number of rotatable bonds is 20. The number of benzene rings is 4. The number of amides is 2. The van der Waals surface area contributed by atoms with Gasteiger partial charge in [0.15, 0.2) is 23.0 Å². The SMILES string of the molecule is CCc1c(CNC2CCCC2)cccc1Nc1c(C(N)=O)cnc2cc(OC)c(OC)cc12.CCc1c(CNCCc2cnc[nH]2)cccc1Nc1c(C(N)=O)cnc2cc(OC)c(OC)cc12. The zero-order valence-corrected chi connectivity index (χ0v) is 39.7. The second kappa shape index (κ2) is 22.8. The molecule has 0 unspecified atom stereocenters. The van der Waals surface area contributed by atoms with Crippen LogP contribution >= 0.6 is 0 Å². The summed E-state index contributed by atoms with van der Waals surface area (Å²) in [5.41, 5.74) is 22.4. The number of primary amides is 2. The summed E-state index contributed by atoms with van der Waals surface area (Å²) in [6, 6.07) is 20.2. The molecule has 3 heterocycles. The Morgan fingerprint density at radius 1 is 0.676 bits per heavy atom. The van der Waals surface area contributed by atoms with E-state index < -0.39 is 11.8 Å². The van der Waals surface area contributed by atoms with Crippen molar-refractivity contribution in [2.75, 3.05) is 45.6 Å². The van der Waals surface area contributed by atoms with Crippen molar-refractivity contribution in [2.24, 2.45) is 11.5 Å². The first-order valence-corrected chi connectivity index (χ1v) is 23.0. The van der Waals surface area contributed by atoms with Gasteiger partial charge >= 0.3 is 0 Å². The van der Waals surface area contributed by atoms with Gasteiger partial charge in [-0.15, -0.1) is 0 Å². The summed E-state index contributed by atoms with van der Waals surface area (Å²) >= 11 is 0. The van der Waals surface area contributed by atoms with Crippen molar-refractivity contribution in [3.63, 3.8) is 0 Å². The predicted molar refractivity (Wildman–Crippen MR) is 268 cm³/mol. The molecule has 0 spiro atoms. The lowest BCUT2D eigenvalue weighted by atomic mass is 10.0. The van der Waals surface area contributed by atoms with Crippen molar-refractivity contribution in [1.29, 1.82) is 0 Å². The third-order valence-electron chi connectivity index (χ3n) is 12.4. The van der Waals surface area contributed by atoms with E-state index in [0.717, 1.165) is 66.9 Å². The molecule has 68 heavy (non-hydrogen) atoms. The molecular formula is C52H62N10O6. The van der Waals surface area contributed by atoms with Crippen LogP contribution in [-0.2, 0) is 32.4 Å². The molecule has 16 nitrogen and oxygen atoms in total. The third-order valence-corrected chi connectivity index (χ3v) is 12.4. The van der Waals surface area contributed by atoms with Gasteiger partial charge in [-0.05, 0) is 72.2 Å². The first kappa shape index (κ1) is 48.5. The van der Waals surface area contributed by atoms with Crippen LogP contribution in [0.5, 0.6) is 23.0 Å². The van der Waals surface area contributed by atoms with Gasteiger partial charge in [-0.3, -0.25) is 19.6 Å². The van der Waals surface area contributed by atoms with Gasteiger partial charge in [0.1, 0.15) is 0 Å². The van der Waals surface area contributed by atoms with Gasteiger partial charge in [0.25, 0.3) is 11.8 Å². The zero-order chi connectivity index (χ0) is 48.2. The minimum absolute atomic E-state index is 0.301. The Morgan fingerprint density at radius 3 is 1.60 bits per heavy atom. The molecule has 0 aliphatic heterocycles. The number of imidazole rings is 1. The van der Waals surface area contributed by atoms with E-state index in [1.54, 1.807) is 46.9 Å². The van der Waals surface area contributed by atoms with Gasteiger partial charge in [0.2, 0.25) is 0 Å². The number of carbonyl (C=O) groups excluding carboxylic acids is 2. The van der Waals surface area contributed by atoms with E-state index >= 15 is 0 Å². The lowest BCUT2D eigenvalue weighted by Crippen LogP contribution is -2.25. The standard InChI is InChI=1S/C26H30N6O3.C26H32N4O3/c1-4-18-16(12-28-9-8-17-13-29-15-31-17)6-5-7-21(18)32-25-19-10-23(34-2)24(35-3)11-22(19)30-14-20(25)26(27)33;1-4-18-16(14-28-17-9-5-6-10-17)8-7-11-21(18)30-25-19-12-23(32-2)24(33-3)13-22(19)29-15-20(25)26(27)31/h5-7,10-11,13-15,28H,4,8-9,12H2,1-3H3,(H2,27,33)(H,29,31)(H,30,32);7-8,11-13,15,17,28H,4-6,9-10,14H2,1-3H3,(H2,27,31)(H,29,30). The summed E-state index contributed by atoms with van der Waals surface area (Å²) in [5, 5.41) is 15.6. The molecule has 8 rings (SSSR count). The summed E-state index contributed by atoms with van der Waals surface area (Å²) in [4.78, 5) is 40.6. The average molecular weight is 923 g/mol. The van der Waals surface area contributed by atoms with Gasteiger partial charge in [0.05, 0.1) is 68.3 Å². The maximum Gasteiger partial charge on any atom is 0.252 e. The van der Waals surface area contributed by atoms with Crippen LogP contribution in [0.25, 0.3) is 21.8 Å². The van der Waals surface area contributed by atoms with E-state index in [1.165, 1.54) is 54.8 Å². The number of nitrogens with two attached hydrogens (primary N) is 2. The molecule has 4 aromatic carbocycles. The number of aromatic amines is 1. The molecule has 0 radical (unpaired) electrons. The van der Waals surface area contributed by atoms with Gasteiger partial charge in [-0.1, -0.05) is 51.0 Å². The first-order chi connectivity index (χ1) is 33.1. The smallest absolute Gasteiger partial charge is 0.252 e. The number of carbonyl (C=O) groups is 2. The van der Waals surface area contributed by atoms with E-state index in [1.807, 2.05) is 42.6 Å². The fourth-order valence-electron chi connectivity index (χ4n) is 8.87. The quantitative estimate of drug-likeness (QED) is 0.0357. The van der Waals surface area contributed by atoms with Crippen LogP contribution in [-0.4, -0.2) is 72.8 Å². The Hall–Kier alpha value is -7.43. The Labute approximate surface area is 396 Å². The molecular weight excluding hydrogens is 861 g/mol. The number of pyridine rings is 2. The van der Waals surface area contributed by atoms with Crippen LogP contribution in [0, 0.1) is 0 Å². The largest absolute Gasteiger partial charge is 0.493 e. The summed E-state index contributed by atoms with van der Waals surface area (Å²) in [7, 11) is 6.31. The highest BCUT2D eigenvalue weighted by Gasteiger charge is 2.21. The Balaban J connectivity index is 0.000000202. The molecule has 1 aliphatic rings. The second-order valence-electron chi connectivity index (χ2n) is 16.5. The number of hydrogen-bond acceptors (Lipinski definition) is 13. The van der Waals surface area contributed by atoms with Crippen molar-refractivity contribution in [3.05, 3.63) is 125 Å². The van der Waals surface area contributed by atoms with Crippen molar-refractivity contribution >= 4 is 56.4 Å². The molecule has 16 heteroatoms. The highest BCUT2D eigenvalue weighted by molar-refractivity contribution is 6.09. The van der Waals surface area contributed by atoms with E-state index in [-0.39, 0.29) is 0 Å². The lowest BCUT2D eigenvalue weighted by molar-refractivity contribution is 0.0992. The van der Waals surface area contributed by atoms with Crippen molar-refractivity contribution < 1.29 is 28.5 Å². The molecule has 1 fully saturated rings. The first-order valence-electron chi connectivity index (χ1n) is 23.0. The van der Waals surface area contributed by atoms with Crippen LogP contribution in [0.3, 0.4) is 0 Å². The highest BCUT2D eigenvalue weighted by atomic mass is 16.5. The number of anilines is 4. The Morgan fingerprint density at radius 2 is 1.16 bits per heavy atom. The summed E-state index contributed by atoms with van der Waals surface area (Å²) < 4.78 is 21.8. The molecule has 356 valence electrons. The fourth-order valence-corrected chi connectivity index (χ4v) is 8.87. The lowest BCUT2D eigenvalue weighted by Gasteiger charge is -2.20. The van der Waals surface area contributed by atoms with Gasteiger partial charge < -0.3 is 56.7 Å². The van der Waals surface area contributed by atoms with Crippen LogP contribution in [0.2, 0.25) is 0 Å². The van der Waals surface area contributed by atoms with E-state index in [9.17, 15) is 9.59 Å². The molecule has 0 bridgehead atoms. The number of methoxy groups -OCH3 is 4. The molecule has 3 aromatic heterocycles. The number of aromatic nitrogens is 4.